The Hall–Kier alpha value is -2.27. The third kappa shape index (κ3) is 5.32. The van der Waals surface area contributed by atoms with Crippen molar-refractivity contribution in [2.75, 3.05) is 45.3 Å². The van der Waals surface area contributed by atoms with E-state index < -0.39 is 0 Å². The zero-order valence-electron chi connectivity index (χ0n) is 17.8. The molecule has 10 heteroatoms. The molecule has 1 aliphatic rings. The topological polar surface area (TPSA) is 85.2 Å². The number of nitrogens with zero attached hydrogens (tertiary/aromatic N) is 3. The molecule has 0 atom stereocenters. The molecule has 3 heterocycles. The number of anilines is 1. The largest absolute Gasteiger partial charge is 0.383 e. The van der Waals surface area contributed by atoms with Crippen molar-refractivity contribution in [1.29, 1.82) is 0 Å². The molecule has 1 N–H and O–H groups in total. The SMILES string of the molecule is CCOCCCNc1nc2c(C)cccn2c(=O)c1/C=C1/SC(=S)N(CCOC)C1=O. The molecule has 0 unspecified atom stereocenters. The predicted octanol–water partition coefficient (Wildman–Crippen LogP) is 2.69. The van der Waals surface area contributed by atoms with Crippen LogP contribution in [0, 0.1) is 6.92 Å². The lowest BCUT2D eigenvalue weighted by atomic mass is 10.2. The molecule has 1 amide bonds. The van der Waals surface area contributed by atoms with Crippen molar-refractivity contribution in [3.63, 3.8) is 0 Å². The van der Waals surface area contributed by atoms with E-state index in [0.29, 0.717) is 59.2 Å². The Morgan fingerprint density at radius 2 is 2.13 bits per heavy atom. The third-order valence-corrected chi connectivity index (χ3v) is 6.09. The molecular formula is C21H26N4O4S2. The van der Waals surface area contributed by atoms with E-state index in [1.54, 1.807) is 25.4 Å². The molecule has 2 aromatic rings. The van der Waals surface area contributed by atoms with E-state index in [9.17, 15) is 9.59 Å². The van der Waals surface area contributed by atoms with Gasteiger partial charge in [-0.25, -0.2) is 4.98 Å². The maximum Gasteiger partial charge on any atom is 0.267 e. The molecule has 1 fully saturated rings. The highest BCUT2D eigenvalue weighted by Crippen LogP contribution is 2.32. The minimum atomic E-state index is -0.247. The summed E-state index contributed by atoms with van der Waals surface area (Å²) in [4.78, 5) is 32.7. The fraction of sp³-hybridized carbons (Fsp3) is 0.429. The van der Waals surface area contributed by atoms with Gasteiger partial charge >= 0.3 is 0 Å². The van der Waals surface area contributed by atoms with Gasteiger partial charge < -0.3 is 14.8 Å². The maximum absolute atomic E-state index is 13.3. The third-order valence-electron chi connectivity index (χ3n) is 4.71. The van der Waals surface area contributed by atoms with Crippen LogP contribution in [-0.4, -0.2) is 64.5 Å². The van der Waals surface area contributed by atoms with Crippen molar-refractivity contribution in [3.05, 3.63) is 44.7 Å². The highest BCUT2D eigenvalue weighted by molar-refractivity contribution is 8.26. The van der Waals surface area contributed by atoms with E-state index in [2.05, 4.69) is 10.3 Å². The number of carbonyl (C=O) groups excluding carboxylic acids is 1. The lowest BCUT2D eigenvalue weighted by molar-refractivity contribution is -0.122. The molecule has 1 aliphatic heterocycles. The number of aromatic nitrogens is 2. The first kappa shape index (κ1) is 23.4. The zero-order chi connectivity index (χ0) is 22.4. The van der Waals surface area contributed by atoms with Crippen molar-refractivity contribution >= 4 is 51.7 Å². The number of nitrogens with one attached hydrogen (secondary N) is 1. The Kier molecular flexibility index (Phi) is 8.19. The summed E-state index contributed by atoms with van der Waals surface area (Å²) in [5, 5.41) is 3.24. The van der Waals surface area contributed by atoms with Gasteiger partial charge in [-0.15, -0.1) is 0 Å². The molecule has 0 saturated carbocycles. The maximum atomic E-state index is 13.3. The standard InChI is InChI=1S/C21H26N4O4S2/c1-4-29-11-6-8-22-17-15(19(26)24-9-5-7-14(2)18(24)23-17)13-16-20(27)25(10-12-28-3)21(30)31-16/h5,7,9,13,22H,4,6,8,10-12H2,1-3H3/b16-13+. The molecular weight excluding hydrogens is 436 g/mol. The fourth-order valence-corrected chi connectivity index (χ4v) is 4.40. The first-order valence-corrected chi connectivity index (χ1v) is 11.3. The molecule has 0 bridgehead atoms. The molecule has 0 radical (unpaired) electrons. The summed E-state index contributed by atoms with van der Waals surface area (Å²) in [6.45, 7) is 6.46. The monoisotopic (exact) mass is 462 g/mol. The number of pyridine rings is 1. The van der Waals surface area contributed by atoms with Crippen LogP contribution in [0.3, 0.4) is 0 Å². The Morgan fingerprint density at radius 1 is 1.32 bits per heavy atom. The van der Waals surface area contributed by atoms with Gasteiger partial charge in [0.25, 0.3) is 11.5 Å². The summed E-state index contributed by atoms with van der Waals surface area (Å²) < 4.78 is 12.4. The summed E-state index contributed by atoms with van der Waals surface area (Å²) >= 11 is 6.52. The molecule has 3 rings (SSSR count). The minimum Gasteiger partial charge on any atom is -0.383 e. The average molecular weight is 463 g/mol. The first-order valence-electron chi connectivity index (χ1n) is 10.1. The van der Waals surface area contributed by atoms with Gasteiger partial charge in [0.1, 0.15) is 15.8 Å². The van der Waals surface area contributed by atoms with Crippen molar-refractivity contribution < 1.29 is 14.3 Å². The molecule has 166 valence electrons. The second-order valence-electron chi connectivity index (χ2n) is 6.87. The van der Waals surface area contributed by atoms with Gasteiger partial charge in [-0.3, -0.25) is 18.9 Å². The van der Waals surface area contributed by atoms with Crippen LogP contribution in [0.4, 0.5) is 5.82 Å². The number of fused-ring (bicyclic) bond motifs is 1. The molecule has 0 spiro atoms. The molecule has 0 aromatic carbocycles. The Labute approximate surface area is 190 Å². The van der Waals surface area contributed by atoms with Crippen LogP contribution in [0.25, 0.3) is 11.7 Å². The summed E-state index contributed by atoms with van der Waals surface area (Å²) in [7, 11) is 1.57. The Balaban J connectivity index is 1.99. The van der Waals surface area contributed by atoms with Gasteiger partial charge in [-0.1, -0.05) is 30.0 Å². The molecule has 1 saturated heterocycles. The highest BCUT2D eigenvalue weighted by atomic mass is 32.2. The summed E-state index contributed by atoms with van der Waals surface area (Å²) in [6.07, 6.45) is 4.03. The van der Waals surface area contributed by atoms with E-state index in [-0.39, 0.29) is 11.5 Å². The van der Waals surface area contributed by atoms with Crippen molar-refractivity contribution in [3.8, 4) is 0 Å². The number of hydrogen-bond donors (Lipinski definition) is 1. The van der Waals surface area contributed by atoms with E-state index in [4.69, 9.17) is 21.7 Å². The number of amides is 1. The number of rotatable bonds is 10. The number of thioether (sulfide) groups is 1. The summed E-state index contributed by atoms with van der Waals surface area (Å²) in [6, 6.07) is 3.70. The van der Waals surface area contributed by atoms with Crippen LogP contribution in [0.2, 0.25) is 0 Å². The van der Waals surface area contributed by atoms with E-state index in [0.717, 1.165) is 12.0 Å². The number of carbonyl (C=O) groups is 1. The van der Waals surface area contributed by atoms with Crippen LogP contribution in [-0.2, 0) is 14.3 Å². The zero-order valence-corrected chi connectivity index (χ0v) is 19.5. The van der Waals surface area contributed by atoms with Gasteiger partial charge in [0.15, 0.2) is 0 Å². The second-order valence-corrected chi connectivity index (χ2v) is 8.54. The molecule has 0 aliphatic carbocycles. The lowest BCUT2D eigenvalue weighted by Crippen LogP contribution is -2.31. The minimum absolute atomic E-state index is 0.233. The summed E-state index contributed by atoms with van der Waals surface area (Å²) in [5.41, 5.74) is 1.54. The molecule has 8 nitrogen and oxygen atoms in total. The Morgan fingerprint density at radius 3 is 2.87 bits per heavy atom. The normalized spacial score (nSPS) is 15.5. The van der Waals surface area contributed by atoms with Gasteiger partial charge in [0.2, 0.25) is 0 Å². The van der Waals surface area contributed by atoms with Gasteiger partial charge in [-0.2, -0.15) is 0 Å². The predicted molar refractivity (Wildman–Crippen MR) is 128 cm³/mol. The number of methoxy groups -OCH3 is 1. The average Bonchev–Trinajstić information content (AvgIpc) is 3.02. The van der Waals surface area contributed by atoms with Crippen LogP contribution < -0.4 is 10.9 Å². The van der Waals surface area contributed by atoms with E-state index in [1.165, 1.54) is 21.1 Å². The summed E-state index contributed by atoms with van der Waals surface area (Å²) in [5.74, 6) is 0.209. The van der Waals surface area contributed by atoms with Crippen molar-refractivity contribution in [2.45, 2.75) is 20.3 Å². The van der Waals surface area contributed by atoms with Crippen LogP contribution >= 0.6 is 24.0 Å². The number of hydrogen-bond acceptors (Lipinski definition) is 8. The van der Waals surface area contributed by atoms with Crippen LogP contribution in [0.1, 0.15) is 24.5 Å². The number of aryl methyl sites for hydroxylation is 1. The van der Waals surface area contributed by atoms with Crippen LogP contribution in [0.5, 0.6) is 0 Å². The number of thiocarbonyl (C=S) groups is 1. The molecule has 2 aromatic heterocycles. The fourth-order valence-electron chi connectivity index (χ4n) is 3.11. The van der Waals surface area contributed by atoms with Gasteiger partial charge in [0, 0.05) is 33.1 Å². The van der Waals surface area contributed by atoms with Crippen LogP contribution in [0.15, 0.2) is 28.0 Å². The quantitative estimate of drug-likeness (QED) is 0.328. The second kappa shape index (κ2) is 10.9. The van der Waals surface area contributed by atoms with E-state index >= 15 is 0 Å². The smallest absolute Gasteiger partial charge is 0.267 e. The molecule has 31 heavy (non-hydrogen) atoms. The highest BCUT2D eigenvalue weighted by Gasteiger charge is 2.32. The number of ether oxygens (including phenoxy) is 2. The van der Waals surface area contributed by atoms with E-state index in [1.807, 2.05) is 19.9 Å². The van der Waals surface area contributed by atoms with Gasteiger partial charge in [0.05, 0.1) is 23.6 Å². The van der Waals surface area contributed by atoms with Crippen molar-refractivity contribution in [1.82, 2.24) is 14.3 Å². The van der Waals surface area contributed by atoms with Crippen molar-refractivity contribution in [2.24, 2.45) is 0 Å². The van der Waals surface area contributed by atoms with Gasteiger partial charge in [-0.05, 0) is 38.0 Å². The Bertz CT molecular complexity index is 1070. The lowest BCUT2D eigenvalue weighted by Gasteiger charge is -2.13. The first-order chi connectivity index (χ1) is 15.0.